The molecule has 0 radical (unpaired) electrons. The highest BCUT2D eigenvalue weighted by atomic mass is 14.5. The third-order valence-corrected chi connectivity index (χ3v) is 42.1. The van der Waals surface area contributed by atoms with Gasteiger partial charge in [-0.3, -0.25) is 0 Å². The number of hydrogen-bond acceptors (Lipinski definition) is 0. The van der Waals surface area contributed by atoms with Gasteiger partial charge in [-0.25, -0.2) is 0 Å². The fraction of sp³-hybridized carbons (Fsp3) is 0.834. The summed E-state index contributed by atoms with van der Waals surface area (Å²) in [7, 11) is 0. The standard InChI is InChI=1S/C10H18.C10H12.C9H16.C9H14.C8H14.C8H10.C8H14.C8H16.C7H12.C7H10.C7H12.C7H14.C6H10.C6H12.C6H10.2C6H8.C5H8.C5H10.C4H8.C3H6/c2*1-2-6-10-8-4-3-7-9(10)5-1;2*1-2-5-9-7-3-6-8(9)4-1;2*1-3-7-5-2-6-8(7)4-1;1-2-8-5-3-7(1)4-6-8;1-2-4-6-8-7-5-3-1;2*1-2-7-4-3-6(1)5-7;1-2-6-4-7(3-1)5-6;1-2-4-6-7-5-3-1;1-2-5-4-6(5)3-1;4*1-2-4-6-5-3-1;1-2-5-3-4(1)5;1-2-4-5-3-1;1-2-4-3-1;1-2-3-1/h9-10H,1-8H2;1-2,5-6H,3-4,7-8H2;8-9H,1-7H2;3,6,8-9H,1-2,4-5,7H2;7-8H,1-6H2;1,3-4,7H,2,5-6H2;7-8H,1-6H2;1-8H2;6-7H,1-5H2;1-2,6-7H,3-5H2;6-7H,1-5H2;1-7H2;5-6H,1-4H2;1-6H2;1-2H,3-6H2;1-2,5-6H,3-4H2;1-4H,5-6H2;4-5H,1-3H2;1-5H2;1-4H2;1-3H2. The molecule has 0 heterocycles. The molecule has 1 aromatic rings. The minimum absolute atomic E-state index is 0.856. The van der Waals surface area contributed by atoms with Gasteiger partial charge in [0.1, 0.15) is 0 Å². The number of fused-ring (bicyclic) bond motifs is 17. The zero-order chi connectivity index (χ0) is 99.4. The molecule has 0 amide bonds. The van der Waals surface area contributed by atoms with E-state index in [1.165, 1.54) is 488 Å². The maximum atomic E-state index is 2.43. The van der Waals surface area contributed by atoms with Crippen molar-refractivity contribution in [2.45, 2.75) is 642 Å². The molecule has 11 unspecified atom stereocenters. The van der Waals surface area contributed by atoms with Crippen LogP contribution in [0.5, 0.6) is 0 Å². The van der Waals surface area contributed by atoms with Crippen LogP contribution in [0, 0.1) is 124 Å². The Kier molecular flexibility index (Phi) is 62.7. The van der Waals surface area contributed by atoms with E-state index in [2.05, 4.69) is 128 Å². The summed E-state index contributed by atoms with van der Waals surface area (Å²) in [4.78, 5) is 0. The Balaban J connectivity index is 0.000000128. The molecular weight excluding hydrogens is 1740 g/mol. The first kappa shape index (κ1) is 119. The highest BCUT2D eigenvalue weighted by Gasteiger charge is 2.45. The molecule has 0 nitrogen and oxygen atoms in total. The van der Waals surface area contributed by atoms with Crippen molar-refractivity contribution in [3.63, 3.8) is 0 Å². The van der Waals surface area contributed by atoms with Gasteiger partial charge in [0.15, 0.2) is 0 Å². The fourth-order valence-electron chi connectivity index (χ4n) is 31.3. The number of rotatable bonds is 0. The lowest BCUT2D eigenvalue weighted by molar-refractivity contribution is 0.116. The smallest absolute Gasteiger partial charge is 0.00169 e. The average molecular weight is 1990 g/mol. The summed E-state index contributed by atoms with van der Waals surface area (Å²) in [6, 6.07) is 8.80. The molecule has 35 rings (SSSR count). The lowest BCUT2D eigenvalue weighted by Crippen LogP contribution is -2.28. The van der Waals surface area contributed by atoms with Gasteiger partial charge in [-0.1, -0.05) is 595 Å². The lowest BCUT2D eigenvalue weighted by atomic mass is 9.65. The van der Waals surface area contributed by atoms with Crippen molar-refractivity contribution in [2.75, 3.05) is 0 Å². The Bertz CT molecular complexity index is 3290. The van der Waals surface area contributed by atoms with Gasteiger partial charge in [0.25, 0.3) is 0 Å². The maximum Gasteiger partial charge on any atom is -0.00169 e. The fourth-order valence-corrected chi connectivity index (χ4v) is 31.3. The van der Waals surface area contributed by atoms with Crippen molar-refractivity contribution < 1.29 is 0 Å². The Morgan fingerprint density at radius 1 is 0.166 bits per heavy atom. The molecule has 34 aliphatic carbocycles. The van der Waals surface area contributed by atoms with Gasteiger partial charge in [0.05, 0.1) is 0 Å². The van der Waals surface area contributed by atoms with Crippen molar-refractivity contribution in [3.05, 3.63) is 144 Å². The summed E-state index contributed by atoms with van der Waals surface area (Å²) in [5.41, 5.74) is 4.83. The van der Waals surface area contributed by atoms with Crippen LogP contribution >= 0.6 is 0 Å². The van der Waals surface area contributed by atoms with Crippen molar-refractivity contribution in [1.82, 2.24) is 0 Å². The predicted molar refractivity (Wildman–Crippen MR) is 641 cm³/mol. The van der Waals surface area contributed by atoms with Gasteiger partial charge in [-0.15, -0.1) is 0 Å². The molecule has 822 valence electrons. The lowest BCUT2D eigenvalue weighted by Gasteiger charge is -2.40. The summed E-state index contributed by atoms with van der Waals surface area (Å²) >= 11 is 0. The molecule has 34 aliphatic rings. The van der Waals surface area contributed by atoms with Crippen LogP contribution in [-0.2, 0) is 12.8 Å². The van der Waals surface area contributed by atoms with Crippen LogP contribution in [0.2, 0.25) is 0 Å². The summed E-state index contributed by atoms with van der Waals surface area (Å²) < 4.78 is 0. The monoisotopic (exact) mass is 1980 g/mol. The van der Waals surface area contributed by atoms with E-state index < -0.39 is 0 Å². The van der Waals surface area contributed by atoms with Gasteiger partial charge >= 0.3 is 0 Å². The van der Waals surface area contributed by atoms with E-state index in [1.54, 1.807) is 229 Å². The molecule has 11 atom stereocenters. The van der Waals surface area contributed by atoms with Crippen LogP contribution in [0.15, 0.2) is 133 Å². The van der Waals surface area contributed by atoms with Gasteiger partial charge in [-0.05, 0) is 315 Å². The van der Waals surface area contributed by atoms with Crippen LogP contribution in [0.1, 0.15) is 640 Å². The highest BCUT2D eigenvalue weighted by molar-refractivity contribution is 5.30. The molecule has 27 saturated carbocycles. The number of allylic oxidation sites excluding steroid dienone is 18. The SMILES string of the molecule is C1=CC2CCC1C2.C1=CC2CCCC2=C1.C1=CC2CCCCC2C1.C1=CCC=CC1.C1=CCCC=C1.C1=CCCCC1.C1CC1.C1CC2CC(C1)C2.C1CC2CC12.C1CC2CC2C1.C1CC2CCC1C2.C1CC2CCC1CC2.C1CC2CCCC2C1.C1CCC1.C1CCC2CCCC2C1.C1CCC2CCCCC2C1.C1CCCC1.C1CCCCC1.C1CCCCCC1.C1CCCCCCC1.c1ccc2c(c1)CCCC2. The van der Waals surface area contributed by atoms with Crippen LogP contribution in [0.3, 0.4) is 0 Å². The molecule has 0 spiro atoms. The summed E-state index contributed by atoms with van der Waals surface area (Å²) in [5, 5.41) is 0. The second kappa shape index (κ2) is 76.5. The van der Waals surface area contributed by atoms with E-state index >= 15 is 0 Å². The Morgan fingerprint density at radius 3 is 0.703 bits per heavy atom. The average Bonchev–Trinajstić information content (AvgIpc) is 1.64. The van der Waals surface area contributed by atoms with Crippen LogP contribution in [-0.4, -0.2) is 0 Å². The van der Waals surface area contributed by atoms with Gasteiger partial charge in [0.2, 0.25) is 0 Å². The predicted octanol–water partition coefficient (Wildman–Crippen LogP) is 47.5. The van der Waals surface area contributed by atoms with E-state index in [9.17, 15) is 0 Å². The molecule has 0 aromatic heterocycles. The van der Waals surface area contributed by atoms with Crippen molar-refractivity contribution >= 4 is 0 Å². The van der Waals surface area contributed by atoms with E-state index in [-0.39, 0.29) is 0 Å². The van der Waals surface area contributed by atoms with Gasteiger partial charge in [0, 0.05) is 0 Å². The summed E-state index contributed by atoms with van der Waals surface area (Å²) in [5.74, 6) is 23.8. The van der Waals surface area contributed by atoms with Gasteiger partial charge < -0.3 is 0 Å². The molecule has 145 heavy (non-hydrogen) atoms. The maximum absolute atomic E-state index is 2.43. The van der Waals surface area contributed by atoms with E-state index in [1.807, 2.05) is 0 Å². The Labute approximate surface area is 904 Å². The third-order valence-electron chi connectivity index (χ3n) is 42.1. The molecule has 0 saturated heterocycles. The zero-order valence-corrected chi connectivity index (χ0v) is 96.5. The molecule has 0 heteroatoms. The molecule has 8 bridgehead atoms. The highest BCUT2D eigenvalue weighted by Crippen LogP contribution is 2.56. The minimum Gasteiger partial charge on any atom is -0.0885 e. The number of aryl methyl sites for hydroxylation is 2. The first-order chi connectivity index (χ1) is 72.0. The molecule has 1 aromatic carbocycles. The third kappa shape index (κ3) is 52.3. The first-order valence-electron chi connectivity index (χ1n) is 68.1. The molecule has 0 N–H and O–H groups in total. The van der Waals surface area contributed by atoms with E-state index in [0.29, 0.717) is 0 Å². The number of benzene rings is 1. The van der Waals surface area contributed by atoms with Crippen molar-refractivity contribution in [2.24, 2.45) is 124 Å². The quantitative estimate of drug-likeness (QED) is 0.179. The molecular formula is C145H242. The van der Waals surface area contributed by atoms with Crippen LogP contribution in [0.25, 0.3) is 0 Å². The molecule has 0 aliphatic heterocycles. The Morgan fingerprint density at radius 2 is 0.476 bits per heavy atom. The second-order valence-electron chi connectivity index (χ2n) is 53.9. The first-order valence-corrected chi connectivity index (χ1v) is 68.1. The molecule has 27 fully saturated rings. The van der Waals surface area contributed by atoms with E-state index in [4.69, 9.17) is 0 Å². The second-order valence-corrected chi connectivity index (χ2v) is 53.9. The van der Waals surface area contributed by atoms with Crippen molar-refractivity contribution in [3.8, 4) is 0 Å². The topological polar surface area (TPSA) is 0 Å². The summed E-state index contributed by atoms with van der Waals surface area (Å²) in [6.45, 7) is 0. The zero-order valence-electron chi connectivity index (χ0n) is 96.5. The largest absolute Gasteiger partial charge is 0.0885 e. The van der Waals surface area contributed by atoms with Crippen LogP contribution in [0.4, 0.5) is 0 Å². The number of hydrogen-bond donors (Lipinski definition) is 0. The Hall–Kier alpha value is -3.12. The van der Waals surface area contributed by atoms with Crippen LogP contribution < -0.4 is 0 Å². The summed E-state index contributed by atoms with van der Waals surface area (Å²) in [6.07, 6.45) is 188. The van der Waals surface area contributed by atoms with E-state index in [0.717, 1.165) is 66.1 Å². The normalized spacial score (nSPS) is 34.8. The van der Waals surface area contributed by atoms with Gasteiger partial charge in [-0.2, -0.15) is 0 Å². The van der Waals surface area contributed by atoms with Crippen molar-refractivity contribution in [1.29, 1.82) is 0 Å². The minimum atomic E-state index is 0.856.